The van der Waals surface area contributed by atoms with Gasteiger partial charge < -0.3 is 18.8 Å². The molecule has 3 aromatic carbocycles. The van der Waals surface area contributed by atoms with Crippen LogP contribution in [0.25, 0.3) is 0 Å². The predicted octanol–water partition coefficient (Wildman–Crippen LogP) is 4.18. The average molecular weight is 597 g/mol. The van der Waals surface area contributed by atoms with E-state index in [0.29, 0.717) is 40.1 Å². The molecule has 5 rings (SSSR count). The molecule has 0 aliphatic carbocycles. The Labute approximate surface area is 243 Å². The number of carbonyl (C=O) groups is 1. The molecule has 214 valence electrons. The lowest BCUT2D eigenvalue weighted by atomic mass is 9.82. The van der Waals surface area contributed by atoms with Crippen LogP contribution in [0.3, 0.4) is 0 Å². The van der Waals surface area contributed by atoms with Gasteiger partial charge in [0.15, 0.2) is 5.54 Å². The van der Waals surface area contributed by atoms with Crippen LogP contribution in [0.15, 0.2) is 82.4 Å². The van der Waals surface area contributed by atoms with Crippen LogP contribution >= 0.6 is 11.6 Å². The second-order valence-electron chi connectivity index (χ2n) is 9.71. The molecule has 0 bridgehead atoms. The molecule has 0 fully saturated rings. The highest BCUT2D eigenvalue weighted by molar-refractivity contribution is 7.93. The van der Waals surface area contributed by atoms with Crippen molar-refractivity contribution in [1.29, 1.82) is 0 Å². The number of hydrogen-bond donors (Lipinski definition) is 1. The van der Waals surface area contributed by atoms with Crippen LogP contribution in [0.2, 0.25) is 5.02 Å². The minimum absolute atomic E-state index is 0.00216. The summed E-state index contributed by atoms with van der Waals surface area (Å²) in [5.74, 6) is 0.418. The molecule has 2 heterocycles. The quantitative estimate of drug-likeness (QED) is 0.288. The van der Waals surface area contributed by atoms with E-state index in [9.17, 15) is 13.2 Å². The largest absolute Gasteiger partial charge is 0.497 e. The van der Waals surface area contributed by atoms with Crippen LogP contribution in [-0.2, 0) is 33.4 Å². The number of fused-ring (bicyclic) bond motifs is 1. The first-order chi connectivity index (χ1) is 19.6. The van der Waals surface area contributed by atoms with Crippen LogP contribution in [0.5, 0.6) is 11.5 Å². The molecule has 0 radical (unpaired) electrons. The highest BCUT2D eigenvalue weighted by Crippen LogP contribution is 2.50. The zero-order valence-corrected chi connectivity index (χ0v) is 24.5. The van der Waals surface area contributed by atoms with Crippen molar-refractivity contribution in [1.82, 2.24) is 15.2 Å². The van der Waals surface area contributed by atoms with Crippen LogP contribution in [0.4, 0.5) is 5.69 Å². The maximum absolute atomic E-state index is 14.8. The standard InChI is InChI=1S/C29H29ClN4O6S/c1-33(2)18-19-5-12-26(39-4)24(15-19)29(32-17-27-31-13-14-40-27)23-16-20(30)6-11-25(23)34(28(29)35)41(36,37)22-9-7-21(38-3)8-10-22/h5-16,32H,17-18H2,1-4H3. The normalized spacial score (nSPS) is 16.7. The number of carbonyl (C=O) groups excluding carboxylic acids is 1. The summed E-state index contributed by atoms with van der Waals surface area (Å²) < 4.78 is 45.5. The highest BCUT2D eigenvalue weighted by Gasteiger charge is 2.57. The summed E-state index contributed by atoms with van der Waals surface area (Å²) in [5.41, 5.74) is 0.0824. The van der Waals surface area contributed by atoms with Gasteiger partial charge in [-0.1, -0.05) is 17.7 Å². The molecule has 1 amide bonds. The third kappa shape index (κ3) is 5.06. The Morgan fingerprint density at radius 3 is 2.41 bits per heavy atom. The van der Waals surface area contributed by atoms with Crippen molar-refractivity contribution < 1.29 is 27.1 Å². The Kier molecular flexibility index (Phi) is 7.80. The topological polar surface area (TPSA) is 114 Å². The van der Waals surface area contributed by atoms with Gasteiger partial charge in [0.1, 0.15) is 17.8 Å². The fourth-order valence-corrected chi connectivity index (χ4v) is 6.68. The lowest BCUT2D eigenvalue weighted by Crippen LogP contribution is -2.52. The second-order valence-corrected chi connectivity index (χ2v) is 11.9. The van der Waals surface area contributed by atoms with E-state index < -0.39 is 21.5 Å². The van der Waals surface area contributed by atoms with Crippen molar-refractivity contribution in [2.45, 2.75) is 23.5 Å². The van der Waals surface area contributed by atoms with Crippen LogP contribution in [-0.4, -0.2) is 52.5 Å². The van der Waals surface area contributed by atoms with Crippen molar-refractivity contribution in [3.8, 4) is 11.5 Å². The van der Waals surface area contributed by atoms with Crippen molar-refractivity contribution >= 4 is 33.2 Å². The van der Waals surface area contributed by atoms with Crippen LogP contribution in [0, 0.1) is 0 Å². The zero-order chi connectivity index (χ0) is 29.4. The molecule has 1 aliphatic heterocycles. The SMILES string of the molecule is COc1ccc(S(=O)(=O)N2C(=O)C(NCc3ncco3)(c3cc(CN(C)C)ccc3OC)c3cc(Cl)ccc32)cc1. The molecule has 10 nitrogen and oxygen atoms in total. The summed E-state index contributed by atoms with van der Waals surface area (Å²) in [7, 11) is 2.46. The first kappa shape index (κ1) is 28.6. The Bertz CT molecular complexity index is 1680. The summed E-state index contributed by atoms with van der Waals surface area (Å²) in [6.45, 7) is 0.569. The summed E-state index contributed by atoms with van der Waals surface area (Å²) in [6, 6.07) is 16.0. The Morgan fingerprint density at radius 1 is 1.02 bits per heavy atom. The minimum atomic E-state index is -4.38. The number of sulfonamides is 1. The monoisotopic (exact) mass is 596 g/mol. The Hall–Kier alpha value is -3.90. The molecular weight excluding hydrogens is 568 g/mol. The molecule has 1 N–H and O–H groups in total. The van der Waals surface area contributed by atoms with Gasteiger partial charge in [0, 0.05) is 22.7 Å². The number of hydrogen-bond acceptors (Lipinski definition) is 9. The smallest absolute Gasteiger partial charge is 0.270 e. The lowest BCUT2D eigenvalue weighted by Gasteiger charge is -2.32. The van der Waals surface area contributed by atoms with Gasteiger partial charge in [0.05, 0.1) is 37.5 Å². The molecule has 12 heteroatoms. The number of oxazole rings is 1. The Balaban J connectivity index is 1.77. The van der Waals surface area contributed by atoms with Gasteiger partial charge in [-0.15, -0.1) is 0 Å². The molecule has 1 atom stereocenters. The van der Waals surface area contributed by atoms with Gasteiger partial charge in [-0.05, 0) is 74.3 Å². The van der Waals surface area contributed by atoms with Crippen molar-refractivity contribution in [3.05, 3.63) is 101 Å². The van der Waals surface area contributed by atoms with Crippen molar-refractivity contribution in [2.24, 2.45) is 0 Å². The van der Waals surface area contributed by atoms with E-state index >= 15 is 0 Å². The van der Waals surface area contributed by atoms with Gasteiger partial charge >= 0.3 is 0 Å². The number of nitrogens with one attached hydrogen (secondary N) is 1. The summed E-state index contributed by atoms with van der Waals surface area (Å²) in [5, 5.41) is 3.61. The fourth-order valence-electron chi connectivity index (χ4n) is 5.04. The Morgan fingerprint density at radius 2 is 1.78 bits per heavy atom. The van der Waals surface area contributed by atoms with Crippen LogP contribution in [0.1, 0.15) is 22.6 Å². The van der Waals surface area contributed by atoms with E-state index in [0.717, 1.165) is 9.87 Å². The molecule has 0 spiro atoms. The molecule has 0 saturated heterocycles. The fraction of sp³-hybridized carbons (Fsp3) is 0.241. The summed E-state index contributed by atoms with van der Waals surface area (Å²) in [6.07, 6.45) is 2.91. The first-order valence-corrected chi connectivity index (χ1v) is 14.4. The molecule has 0 saturated carbocycles. The van der Waals surface area contributed by atoms with E-state index in [1.54, 1.807) is 18.2 Å². The molecule has 41 heavy (non-hydrogen) atoms. The summed E-state index contributed by atoms with van der Waals surface area (Å²) in [4.78, 5) is 20.9. The molecule has 1 aromatic heterocycles. The molecular formula is C29H29ClN4O6S. The lowest BCUT2D eigenvalue weighted by molar-refractivity contribution is -0.121. The highest BCUT2D eigenvalue weighted by atomic mass is 35.5. The second kappa shape index (κ2) is 11.2. The van der Waals surface area contributed by atoms with E-state index in [-0.39, 0.29) is 17.1 Å². The van der Waals surface area contributed by atoms with Crippen molar-refractivity contribution in [3.63, 3.8) is 0 Å². The third-order valence-electron chi connectivity index (χ3n) is 6.84. The number of aromatic nitrogens is 1. The van der Waals surface area contributed by atoms with Crippen LogP contribution < -0.4 is 19.1 Å². The molecule has 1 unspecified atom stereocenters. The van der Waals surface area contributed by atoms with E-state index in [2.05, 4.69) is 10.3 Å². The van der Waals surface area contributed by atoms with Crippen molar-refractivity contribution in [2.75, 3.05) is 32.6 Å². The predicted molar refractivity (Wildman–Crippen MR) is 154 cm³/mol. The molecule has 4 aromatic rings. The number of methoxy groups -OCH3 is 2. The molecule has 1 aliphatic rings. The maximum Gasteiger partial charge on any atom is 0.270 e. The van der Waals surface area contributed by atoms with E-state index in [1.807, 2.05) is 31.1 Å². The number of nitrogens with zero attached hydrogens (tertiary/aromatic N) is 3. The van der Waals surface area contributed by atoms with Gasteiger partial charge in [-0.2, -0.15) is 0 Å². The first-order valence-electron chi connectivity index (χ1n) is 12.6. The maximum atomic E-state index is 14.8. The number of amides is 1. The van der Waals surface area contributed by atoms with E-state index in [1.165, 1.54) is 57.0 Å². The average Bonchev–Trinajstić information content (AvgIpc) is 3.56. The number of benzene rings is 3. The third-order valence-corrected chi connectivity index (χ3v) is 8.79. The zero-order valence-electron chi connectivity index (χ0n) is 22.9. The number of halogens is 1. The summed E-state index contributed by atoms with van der Waals surface area (Å²) >= 11 is 6.48. The van der Waals surface area contributed by atoms with Gasteiger partial charge in [-0.25, -0.2) is 17.7 Å². The number of ether oxygens (including phenoxy) is 2. The van der Waals surface area contributed by atoms with E-state index in [4.69, 9.17) is 25.5 Å². The number of rotatable bonds is 10. The van der Waals surface area contributed by atoms with Gasteiger partial charge in [0.25, 0.3) is 15.9 Å². The van der Waals surface area contributed by atoms with Gasteiger partial charge in [-0.3, -0.25) is 10.1 Å². The minimum Gasteiger partial charge on any atom is -0.497 e. The van der Waals surface area contributed by atoms with Gasteiger partial charge in [0.2, 0.25) is 5.89 Å². The number of anilines is 1.